The van der Waals surface area contributed by atoms with E-state index in [1.54, 1.807) is 24.3 Å². The Bertz CT molecular complexity index is 846. The van der Waals surface area contributed by atoms with Crippen LogP contribution in [0.15, 0.2) is 48.5 Å². The molecule has 4 heteroatoms. The fourth-order valence-electron chi connectivity index (χ4n) is 4.31. The van der Waals surface area contributed by atoms with Crippen molar-refractivity contribution >= 4 is 11.9 Å². The van der Waals surface area contributed by atoms with E-state index in [4.69, 9.17) is 9.47 Å². The third kappa shape index (κ3) is 7.22. The summed E-state index contributed by atoms with van der Waals surface area (Å²) in [6, 6.07) is 14.3. The summed E-state index contributed by atoms with van der Waals surface area (Å²) in [6.45, 7) is 4.39. The number of hydrogen-bond donors (Lipinski definition) is 0. The lowest BCUT2D eigenvalue weighted by atomic mass is 9.80. The number of hydrogen-bond acceptors (Lipinski definition) is 4. The third-order valence-electron chi connectivity index (χ3n) is 6.41. The van der Waals surface area contributed by atoms with Gasteiger partial charge in [0.15, 0.2) is 0 Å². The van der Waals surface area contributed by atoms with Crippen LogP contribution in [0.4, 0.5) is 0 Å². The third-order valence-corrected chi connectivity index (χ3v) is 6.41. The first kappa shape index (κ1) is 24.0. The SMILES string of the molecule is CCCCc1ccc(OC(=O)c2ccc(OC(=O)C3CCC(CCCC)CC3)cc2)cc1. The molecule has 0 atom stereocenters. The van der Waals surface area contributed by atoms with Crippen molar-refractivity contribution in [2.75, 3.05) is 0 Å². The number of esters is 2. The molecule has 0 heterocycles. The zero-order chi connectivity index (χ0) is 22.8. The van der Waals surface area contributed by atoms with Crippen LogP contribution in [0.2, 0.25) is 0 Å². The average Bonchev–Trinajstić information content (AvgIpc) is 2.83. The van der Waals surface area contributed by atoms with E-state index in [0.29, 0.717) is 17.1 Å². The monoisotopic (exact) mass is 436 g/mol. The smallest absolute Gasteiger partial charge is 0.343 e. The minimum Gasteiger partial charge on any atom is -0.426 e. The summed E-state index contributed by atoms with van der Waals surface area (Å²) in [5, 5.41) is 0. The summed E-state index contributed by atoms with van der Waals surface area (Å²) < 4.78 is 11.0. The Kier molecular flexibility index (Phi) is 9.33. The summed E-state index contributed by atoms with van der Waals surface area (Å²) in [6.07, 6.45) is 11.2. The number of benzene rings is 2. The van der Waals surface area contributed by atoms with Crippen LogP contribution in [0.1, 0.15) is 87.6 Å². The standard InChI is InChI=1S/C28H36O4/c1-3-5-7-21-9-13-23(14-10-21)27(29)32-26-19-15-24(16-20-26)28(30)31-25-17-11-22(12-18-25)8-6-4-2/h11-12,15-21,23H,3-10,13-14H2,1-2H3. The second-order valence-corrected chi connectivity index (χ2v) is 8.94. The van der Waals surface area contributed by atoms with Crippen LogP contribution < -0.4 is 9.47 Å². The highest BCUT2D eigenvalue weighted by Crippen LogP contribution is 2.33. The van der Waals surface area contributed by atoms with E-state index >= 15 is 0 Å². The van der Waals surface area contributed by atoms with E-state index in [0.717, 1.165) is 50.9 Å². The Labute approximate surface area is 192 Å². The van der Waals surface area contributed by atoms with E-state index < -0.39 is 5.97 Å². The zero-order valence-corrected chi connectivity index (χ0v) is 19.5. The second kappa shape index (κ2) is 12.4. The first-order valence-electron chi connectivity index (χ1n) is 12.2. The summed E-state index contributed by atoms with van der Waals surface area (Å²) in [5.74, 6) is 1.17. The molecule has 1 aliphatic rings. The first-order chi connectivity index (χ1) is 15.6. The molecule has 3 rings (SSSR count). The van der Waals surface area contributed by atoms with Gasteiger partial charge in [-0.3, -0.25) is 4.79 Å². The fraction of sp³-hybridized carbons (Fsp3) is 0.500. The first-order valence-corrected chi connectivity index (χ1v) is 12.2. The predicted molar refractivity (Wildman–Crippen MR) is 127 cm³/mol. The van der Waals surface area contributed by atoms with Crippen LogP contribution in [0, 0.1) is 11.8 Å². The van der Waals surface area contributed by atoms with E-state index in [9.17, 15) is 9.59 Å². The quantitative estimate of drug-likeness (QED) is 0.293. The van der Waals surface area contributed by atoms with Gasteiger partial charge in [-0.15, -0.1) is 0 Å². The van der Waals surface area contributed by atoms with Crippen molar-refractivity contribution in [3.63, 3.8) is 0 Å². The van der Waals surface area contributed by atoms with Gasteiger partial charge in [-0.2, -0.15) is 0 Å². The maximum absolute atomic E-state index is 12.5. The number of ether oxygens (including phenoxy) is 2. The zero-order valence-electron chi connectivity index (χ0n) is 19.5. The molecule has 0 saturated heterocycles. The van der Waals surface area contributed by atoms with Crippen molar-refractivity contribution in [2.24, 2.45) is 11.8 Å². The molecule has 1 saturated carbocycles. The van der Waals surface area contributed by atoms with Crippen LogP contribution in [0.3, 0.4) is 0 Å². The molecule has 172 valence electrons. The normalized spacial score (nSPS) is 18.2. The Morgan fingerprint density at radius 1 is 0.781 bits per heavy atom. The molecule has 0 aromatic heterocycles. The van der Waals surface area contributed by atoms with Crippen molar-refractivity contribution in [3.8, 4) is 11.5 Å². The molecular weight excluding hydrogens is 400 g/mol. The van der Waals surface area contributed by atoms with Crippen LogP contribution in [-0.4, -0.2) is 11.9 Å². The van der Waals surface area contributed by atoms with Crippen LogP contribution in [0.25, 0.3) is 0 Å². The molecular formula is C28H36O4. The van der Waals surface area contributed by atoms with Crippen molar-refractivity contribution < 1.29 is 19.1 Å². The number of aryl methyl sites for hydroxylation is 1. The van der Waals surface area contributed by atoms with Crippen molar-refractivity contribution in [1.82, 2.24) is 0 Å². The van der Waals surface area contributed by atoms with Gasteiger partial charge >= 0.3 is 11.9 Å². The summed E-state index contributed by atoms with van der Waals surface area (Å²) in [7, 11) is 0. The predicted octanol–water partition coefficient (Wildman–Crippen LogP) is 7.15. The molecule has 2 aromatic rings. The molecule has 0 radical (unpaired) electrons. The van der Waals surface area contributed by atoms with Gasteiger partial charge in [0.1, 0.15) is 11.5 Å². The minimum atomic E-state index is -0.422. The molecule has 0 aliphatic heterocycles. The molecule has 1 fully saturated rings. The highest BCUT2D eigenvalue weighted by Gasteiger charge is 2.27. The maximum Gasteiger partial charge on any atom is 0.343 e. The molecule has 2 aromatic carbocycles. The highest BCUT2D eigenvalue weighted by molar-refractivity contribution is 5.91. The molecule has 32 heavy (non-hydrogen) atoms. The molecule has 0 bridgehead atoms. The van der Waals surface area contributed by atoms with Gasteiger partial charge in [0.2, 0.25) is 0 Å². The van der Waals surface area contributed by atoms with Gasteiger partial charge in [0.25, 0.3) is 0 Å². The Balaban J connectivity index is 1.47. The highest BCUT2D eigenvalue weighted by atomic mass is 16.5. The average molecular weight is 437 g/mol. The van der Waals surface area contributed by atoms with Crippen LogP contribution in [-0.2, 0) is 11.2 Å². The topological polar surface area (TPSA) is 52.6 Å². The van der Waals surface area contributed by atoms with Gasteiger partial charge in [0.05, 0.1) is 11.5 Å². The molecule has 0 unspecified atom stereocenters. The largest absolute Gasteiger partial charge is 0.426 e. The van der Waals surface area contributed by atoms with Gasteiger partial charge in [0, 0.05) is 0 Å². The number of carbonyl (C=O) groups excluding carboxylic acids is 2. The van der Waals surface area contributed by atoms with Crippen molar-refractivity contribution in [1.29, 1.82) is 0 Å². The molecule has 4 nitrogen and oxygen atoms in total. The lowest BCUT2D eigenvalue weighted by molar-refractivity contribution is -0.140. The maximum atomic E-state index is 12.5. The summed E-state index contributed by atoms with van der Waals surface area (Å²) >= 11 is 0. The van der Waals surface area contributed by atoms with E-state index in [-0.39, 0.29) is 11.9 Å². The summed E-state index contributed by atoms with van der Waals surface area (Å²) in [5.41, 5.74) is 1.67. The Morgan fingerprint density at radius 2 is 1.38 bits per heavy atom. The van der Waals surface area contributed by atoms with Crippen LogP contribution >= 0.6 is 0 Å². The van der Waals surface area contributed by atoms with Gasteiger partial charge in [-0.05, 0) is 86.4 Å². The molecule has 0 amide bonds. The van der Waals surface area contributed by atoms with Gasteiger partial charge in [-0.1, -0.05) is 51.7 Å². The van der Waals surface area contributed by atoms with Crippen LogP contribution in [0.5, 0.6) is 11.5 Å². The molecule has 0 spiro atoms. The van der Waals surface area contributed by atoms with Gasteiger partial charge in [-0.25, -0.2) is 4.79 Å². The van der Waals surface area contributed by atoms with E-state index in [1.165, 1.54) is 24.8 Å². The number of unbranched alkanes of at least 4 members (excludes halogenated alkanes) is 2. The Morgan fingerprint density at radius 3 is 2.00 bits per heavy atom. The van der Waals surface area contributed by atoms with E-state index in [1.807, 2.05) is 24.3 Å². The fourth-order valence-corrected chi connectivity index (χ4v) is 4.31. The van der Waals surface area contributed by atoms with Crippen molar-refractivity contribution in [2.45, 2.75) is 78.1 Å². The van der Waals surface area contributed by atoms with Gasteiger partial charge < -0.3 is 9.47 Å². The lowest BCUT2D eigenvalue weighted by Gasteiger charge is -2.27. The lowest BCUT2D eigenvalue weighted by Crippen LogP contribution is -2.25. The summed E-state index contributed by atoms with van der Waals surface area (Å²) in [4.78, 5) is 25.0. The molecule has 1 aliphatic carbocycles. The molecule has 0 N–H and O–H groups in total. The van der Waals surface area contributed by atoms with Crippen molar-refractivity contribution in [3.05, 3.63) is 59.7 Å². The Hall–Kier alpha value is -2.62. The van der Waals surface area contributed by atoms with E-state index in [2.05, 4.69) is 13.8 Å². The minimum absolute atomic E-state index is 0.0159. The number of carbonyl (C=O) groups is 2. The number of rotatable bonds is 10. The second-order valence-electron chi connectivity index (χ2n) is 8.94.